The summed E-state index contributed by atoms with van der Waals surface area (Å²) in [7, 11) is 0. The number of carbonyl (C=O) groups is 1. The Morgan fingerprint density at radius 2 is 1.07 bits per heavy atom. The summed E-state index contributed by atoms with van der Waals surface area (Å²) in [6.07, 6.45) is 26.6. The molecule has 0 fully saturated rings. The number of halogens is 1. The summed E-state index contributed by atoms with van der Waals surface area (Å²) in [5.41, 5.74) is 0. The molecular weight excluding hydrogens is 436 g/mol. The monoisotopic (exact) mass is 488 g/mol. The topological polar surface area (TPSA) is 26.3 Å². The molecule has 0 spiro atoms. The average Bonchev–Trinajstić information content (AvgIpc) is 2.75. The Bertz CT molecular complexity index is 346. The zero-order valence-electron chi connectivity index (χ0n) is 20.5. The summed E-state index contributed by atoms with van der Waals surface area (Å²) in [4.78, 5) is 12.1. The Kier molecular flexibility index (Phi) is 25.2. The van der Waals surface area contributed by atoms with Gasteiger partial charge in [0, 0.05) is 11.8 Å². The number of esters is 1. The van der Waals surface area contributed by atoms with Crippen LogP contribution in [0, 0.1) is 5.92 Å². The highest BCUT2D eigenvalue weighted by Crippen LogP contribution is 2.20. The van der Waals surface area contributed by atoms with Crippen molar-refractivity contribution in [3.8, 4) is 0 Å². The van der Waals surface area contributed by atoms with Gasteiger partial charge in [0.1, 0.15) is 0 Å². The summed E-state index contributed by atoms with van der Waals surface area (Å²) >= 11 is 3.46. The van der Waals surface area contributed by atoms with Gasteiger partial charge in [0.25, 0.3) is 0 Å². The molecule has 0 rings (SSSR count). The molecule has 0 heterocycles. The second kappa shape index (κ2) is 25.2. The maximum Gasteiger partial charge on any atom is 0.305 e. The largest absolute Gasteiger partial charge is 0.465 e. The molecule has 0 aliphatic heterocycles. The van der Waals surface area contributed by atoms with Crippen LogP contribution < -0.4 is 0 Å². The molecule has 0 bridgehead atoms. The van der Waals surface area contributed by atoms with Crippen LogP contribution in [-0.2, 0) is 9.53 Å². The summed E-state index contributed by atoms with van der Waals surface area (Å²) in [5.74, 6) is 0.603. The fraction of sp³-hybridized carbons (Fsp3) is 0.963. The molecule has 0 saturated heterocycles. The predicted octanol–water partition coefficient (Wildman–Crippen LogP) is 9.77. The maximum absolute atomic E-state index is 12.1. The van der Waals surface area contributed by atoms with Crippen molar-refractivity contribution in [3.63, 3.8) is 0 Å². The van der Waals surface area contributed by atoms with Crippen molar-refractivity contribution in [3.05, 3.63) is 0 Å². The van der Waals surface area contributed by atoms with E-state index >= 15 is 0 Å². The van der Waals surface area contributed by atoms with Gasteiger partial charge in [0.15, 0.2) is 0 Å². The number of alkyl halides is 1. The van der Waals surface area contributed by atoms with Crippen molar-refractivity contribution in [2.24, 2.45) is 5.92 Å². The minimum atomic E-state index is 0.0257. The molecule has 0 N–H and O–H groups in total. The number of carbonyl (C=O) groups excluding carboxylic acids is 1. The van der Waals surface area contributed by atoms with Crippen LogP contribution in [0.5, 0.6) is 0 Å². The van der Waals surface area contributed by atoms with E-state index in [4.69, 9.17) is 4.74 Å². The highest BCUT2D eigenvalue weighted by Gasteiger charge is 2.12. The molecule has 0 amide bonds. The van der Waals surface area contributed by atoms with Crippen LogP contribution in [0.2, 0.25) is 0 Å². The summed E-state index contributed by atoms with van der Waals surface area (Å²) in [6.45, 7) is 5.21. The SMILES string of the molecule is CCCCCCCCCCC(CCCCCCCC)COC(=O)CCCCCCBr. The normalized spacial score (nSPS) is 12.2. The Labute approximate surface area is 197 Å². The van der Waals surface area contributed by atoms with Gasteiger partial charge in [-0.15, -0.1) is 0 Å². The number of hydrogen-bond acceptors (Lipinski definition) is 2. The van der Waals surface area contributed by atoms with Crippen molar-refractivity contribution in [2.75, 3.05) is 11.9 Å². The van der Waals surface area contributed by atoms with E-state index in [0.717, 1.165) is 18.2 Å². The van der Waals surface area contributed by atoms with Crippen LogP contribution in [0.4, 0.5) is 0 Å². The fourth-order valence-electron chi connectivity index (χ4n) is 4.09. The van der Waals surface area contributed by atoms with E-state index in [0.29, 0.717) is 18.9 Å². The van der Waals surface area contributed by atoms with Gasteiger partial charge in [-0.3, -0.25) is 4.79 Å². The van der Waals surface area contributed by atoms with E-state index < -0.39 is 0 Å². The molecule has 1 unspecified atom stereocenters. The van der Waals surface area contributed by atoms with Gasteiger partial charge in [-0.05, 0) is 31.6 Å². The smallest absolute Gasteiger partial charge is 0.305 e. The third kappa shape index (κ3) is 22.6. The summed E-state index contributed by atoms with van der Waals surface area (Å²) in [5, 5.41) is 1.07. The highest BCUT2D eigenvalue weighted by atomic mass is 79.9. The van der Waals surface area contributed by atoms with Crippen LogP contribution in [0.1, 0.15) is 149 Å². The molecule has 30 heavy (non-hydrogen) atoms. The molecule has 0 aliphatic carbocycles. The third-order valence-corrected chi connectivity index (χ3v) is 6.74. The molecule has 0 aliphatic rings. The lowest BCUT2D eigenvalue weighted by Gasteiger charge is -2.17. The first kappa shape index (κ1) is 29.9. The van der Waals surface area contributed by atoms with Crippen LogP contribution in [0.25, 0.3) is 0 Å². The van der Waals surface area contributed by atoms with E-state index in [2.05, 4.69) is 29.8 Å². The molecular formula is C27H53BrO2. The van der Waals surface area contributed by atoms with Crippen molar-refractivity contribution in [1.29, 1.82) is 0 Å². The molecule has 0 aromatic heterocycles. The average molecular weight is 490 g/mol. The minimum absolute atomic E-state index is 0.0257. The minimum Gasteiger partial charge on any atom is -0.465 e. The fourth-order valence-corrected chi connectivity index (χ4v) is 4.49. The zero-order valence-corrected chi connectivity index (χ0v) is 22.1. The van der Waals surface area contributed by atoms with Crippen LogP contribution in [0.15, 0.2) is 0 Å². The molecule has 0 aromatic carbocycles. The van der Waals surface area contributed by atoms with Crippen LogP contribution >= 0.6 is 15.9 Å². The van der Waals surface area contributed by atoms with E-state index in [1.807, 2.05) is 0 Å². The van der Waals surface area contributed by atoms with Gasteiger partial charge in [-0.1, -0.05) is 133 Å². The van der Waals surface area contributed by atoms with Gasteiger partial charge in [-0.25, -0.2) is 0 Å². The molecule has 0 aromatic rings. The first-order valence-electron chi connectivity index (χ1n) is 13.5. The standard InChI is InChI=1S/C27H53BrO2/c1-3-5-7-9-11-12-14-18-22-26(21-17-13-10-8-6-4-2)25-30-27(29)23-19-15-16-20-24-28/h26H,3-25H2,1-2H3. The van der Waals surface area contributed by atoms with Crippen LogP contribution in [0.3, 0.4) is 0 Å². The zero-order chi connectivity index (χ0) is 22.1. The van der Waals surface area contributed by atoms with Gasteiger partial charge in [0.2, 0.25) is 0 Å². The third-order valence-electron chi connectivity index (χ3n) is 6.18. The second-order valence-electron chi connectivity index (χ2n) is 9.22. The number of unbranched alkanes of at least 4 members (excludes halogenated alkanes) is 15. The number of hydrogen-bond donors (Lipinski definition) is 0. The first-order chi connectivity index (χ1) is 14.7. The van der Waals surface area contributed by atoms with Gasteiger partial charge >= 0.3 is 5.97 Å². The predicted molar refractivity (Wildman–Crippen MR) is 137 cm³/mol. The summed E-state index contributed by atoms with van der Waals surface area (Å²) < 4.78 is 5.68. The molecule has 180 valence electrons. The molecule has 0 saturated carbocycles. The summed E-state index contributed by atoms with van der Waals surface area (Å²) in [6, 6.07) is 0. The molecule has 2 nitrogen and oxygen atoms in total. The quantitative estimate of drug-likeness (QED) is 0.0766. The van der Waals surface area contributed by atoms with Crippen molar-refractivity contribution >= 4 is 21.9 Å². The second-order valence-corrected chi connectivity index (χ2v) is 10.0. The van der Waals surface area contributed by atoms with Gasteiger partial charge in [0.05, 0.1) is 6.61 Å². The van der Waals surface area contributed by atoms with E-state index in [1.54, 1.807) is 0 Å². The van der Waals surface area contributed by atoms with Crippen molar-refractivity contribution < 1.29 is 9.53 Å². The van der Waals surface area contributed by atoms with E-state index in [-0.39, 0.29) is 5.97 Å². The lowest BCUT2D eigenvalue weighted by molar-refractivity contribution is -0.145. The van der Waals surface area contributed by atoms with E-state index in [1.165, 1.54) is 116 Å². The number of rotatable bonds is 24. The Hall–Kier alpha value is -0.0500. The highest BCUT2D eigenvalue weighted by molar-refractivity contribution is 9.09. The Morgan fingerprint density at radius 3 is 1.57 bits per heavy atom. The van der Waals surface area contributed by atoms with Gasteiger partial charge in [-0.2, -0.15) is 0 Å². The van der Waals surface area contributed by atoms with Crippen molar-refractivity contribution in [2.45, 2.75) is 149 Å². The van der Waals surface area contributed by atoms with E-state index in [9.17, 15) is 4.79 Å². The molecule has 3 heteroatoms. The van der Waals surface area contributed by atoms with Crippen LogP contribution in [-0.4, -0.2) is 17.9 Å². The first-order valence-corrected chi connectivity index (χ1v) is 14.6. The maximum atomic E-state index is 12.1. The Morgan fingerprint density at radius 1 is 0.633 bits per heavy atom. The lowest BCUT2D eigenvalue weighted by atomic mass is 9.94. The lowest BCUT2D eigenvalue weighted by Crippen LogP contribution is -2.14. The number of ether oxygens (including phenoxy) is 1. The van der Waals surface area contributed by atoms with Gasteiger partial charge < -0.3 is 4.74 Å². The molecule has 1 atom stereocenters. The molecule has 0 radical (unpaired) electrons. The Balaban J connectivity index is 3.97. The van der Waals surface area contributed by atoms with Crippen molar-refractivity contribution in [1.82, 2.24) is 0 Å².